The second-order valence-electron chi connectivity index (χ2n) is 7.08. The smallest absolute Gasteiger partial charge is 0.271 e. The topological polar surface area (TPSA) is 39.8 Å². The van der Waals surface area contributed by atoms with Gasteiger partial charge in [0.15, 0.2) is 0 Å². The highest BCUT2D eigenvalue weighted by Crippen LogP contribution is 2.66. The molecule has 23 heavy (non-hydrogen) atoms. The van der Waals surface area contributed by atoms with E-state index in [0.717, 1.165) is 0 Å². The number of alkyl halides is 1. The lowest BCUT2D eigenvalue weighted by atomic mass is 9.47. The van der Waals surface area contributed by atoms with Crippen LogP contribution in [0.3, 0.4) is 0 Å². The monoisotopic (exact) mass is 321 g/mol. The highest BCUT2D eigenvalue weighted by atomic mass is 19.1. The van der Waals surface area contributed by atoms with Crippen LogP contribution in [0.5, 0.6) is 0 Å². The van der Waals surface area contributed by atoms with Gasteiger partial charge < -0.3 is 0 Å². The van der Waals surface area contributed by atoms with Crippen LogP contribution in [0.25, 0.3) is 0 Å². The van der Waals surface area contributed by atoms with Crippen LogP contribution in [0.1, 0.15) is 43.1 Å². The maximum atomic E-state index is 14.1. The maximum absolute atomic E-state index is 14.1. The molecule has 2 aromatic rings. The van der Waals surface area contributed by atoms with Crippen molar-refractivity contribution >= 4 is 0 Å². The third-order valence-corrected chi connectivity index (χ3v) is 5.55. The fraction of sp³-hybridized carbons (Fsp3) is 0.500. The first-order valence-corrected chi connectivity index (χ1v) is 7.76. The Morgan fingerprint density at radius 2 is 1.83 bits per heavy atom. The molecule has 3 fully saturated rings. The van der Waals surface area contributed by atoms with Gasteiger partial charge in [-0.05, 0) is 18.6 Å². The molecule has 0 N–H and O–H groups in total. The van der Waals surface area contributed by atoms with Gasteiger partial charge in [-0.2, -0.15) is 5.10 Å². The van der Waals surface area contributed by atoms with E-state index in [2.05, 4.69) is 5.10 Å². The highest BCUT2D eigenvalue weighted by Gasteiger charge is 2.72. The summed E-state index contributed by atoms with van der Waals surface area (Å²) in [6.07, 6.45) is 1.87. The molecule has 0 spiro atoms. The highest BCUT2D eigenvalue weighted by molar-refractivity contribution is 5.28. The lowest BCUT2D eigenvalue weighted by Crippen LogP contribution is -2.72. The molecule has 1 aromatic heterocycles. The SMILES string of the molecule is O=c1n(C23CC(F)(C2)C3)nc2n1[C@@H](c1c(F)cccc1F)CC2. The third kappa shape index (κ3) is 1.52. The van der Waals surface area contributed by atoms with E-state index in [1.54, 1.807) is 0 Å². The Hall–Kier alpha value is -2.05. The van der Waals surface area contributed by atoms with Crippen LogP contribution in [-0.4, -0.2) is 20.0 Å². The molecule has 3 saturated carbocycles. The molecule has 2 heterocycles. The van der Waals surface area contributed by atoms with Crippen LogP contribution in [0, 0.1) is 11.6 Å². The zero-order valence-electron chi connectivity index (χ0n) is 12.2. The lowest BCUT2D eigenvalue weighted by Gasteiger charge is -2.64. The molecule has 120 valence electrons. The molecule has 6 rings (SSSR count). The number of fused-ring (bicyclic) bond motifs is 1. The number of hydrogen-bond donors (Lipinski definition) is 0. The number of benzene rings is 1. The Kier molecular flexibility index (Phi) is 2.26. The summed E-state index contributed by atoms with van der Waals surface area (Å²) < 4.78 is 44.6. The van der Waals surface area contributed by atoms with Crippen LogP contribution in [0.2, 0.25) is 0 Å². The summed E-state index contributed by atoms with van der Waals surface area (Å²) in [7, 11) is 0. The van der Waals surface area contributed by atoms with E-state index in [9.17, 15) is 18.0 Å². The minimum absolute atomic E-state index is 0.0903. The minimum Gasteiger partial charge on any atom is -0.271 e. The van der Waals surface area contributed by atoms with Crippen LogP contribution < -0.4 is 5.69 Å². The predicted octanol–water partition coefficient (Wildman–Crippen LogP) is 2.46. The summed E-state index contributed by atoms with van der Waals surface area (Å²) in [5.41, 5.74) is -2.12. The van der Waals surface area contributed by atoms with Crippen molar-refractivity contribution in [3.05, 3.63) is 51.7 Å². The van der Waals surface area contributed by atoms with Crippen molar-refractivity contribution in [3.63, 3.8) is 0 Å². The summed E-state index contributed by atoms with van der Waals surface area (Å²) in [4.78, 5) is 12.7. The van der Waals surface area contributed by atoms with Crippen molar-refractivity contribution in [3.8, 4) is 0 Å². The summed E-state index contributed by atoms with van der Waals surface area (Å²) in [6, 6.07) is 3.01. The largest absolute Gasteiger partial charge is 0.347 e. The summed E-state index contributed by atoms with van der Waals surface area (Å²) in [6.45, 7) is 0. The molecule has 7 heteroatoms. The Morgan fingerprint density at radius 3 is 2.43 bits per heavy atom. The van der Waals surface area contributed by atoms with Crippen molar-refractivity contribution in [2.75, 3.05) is 0 Å². The zero-order chi connectivity index (χ0) is 16.0. The Balaban J connectivity index is 1.62. The van der Waals surface area contributed by atoms with Gasteiger partial charge in [0.1, 0.15) is 23.1 Å². The standard InChI is InChI=1S/C16H14F3N3O/c17-9-2-1-3-10(18)13(9)11-4-5-12-20-22(14(23)21(11)12)16-6-15(19,7-16)8-16/h1-3,11H,4-8H2/t11-,15?,16?/m1/s1. The number of aromatic nitrogens is 3. The number of halogens is 3. The molecule has 0 saturated heterocycles. The maximum Gasteiger partial charge on any atom is 0.347 e. The van der Waals surface area contributed by atoms with Gasteiger partial charge >= 0.3 is 5.69 Å². The van der Waals surface area contributed by atoms with Crippen molar-refractivity contribution in [2.24, 2.45) is 0 Å². The molecular formula is C16H14F3N3O. The molecule has 4 nitrogen and oxygen atoms in total. The quantitative estimate of drug-likeness (QED) is 0.852. The first kappa shape index (κ1) is 13.4. The molecule has 3 aliphatic carbocycles. The van der Waals surface area contributed by atoms with Crippen molar-refractivity contribution < 1.29 is 13.2 Å². The van der Waals surface area contributed by atoms with E-state index in [-0.39, 0.29) is 11.3 Å². The normalized spacial score (nSPS) is 34.0. The minimum atomic E-state index is -1.13. The van der Waals surface area contributed by atoms with Gasteiger partial charge in [0.2, 0.25) is 0 Å². The fourth-order valence-electron chi connectivity index (χ4n) is 4.55. The average molecular weight is 321 g/mol. The van der Waals surface area contributed by atoms with Crippen molar-refractivity contribution in [2.45, 2.75) is 49.4 Å². The van der Waals surface area contributed by atoms with Crippen LogP contribution >= 0.6 is 0 Å². The summed E-state index contributed by atoms with van der Waals surface area (Å²) >= 11 is 0. The van der Waals surface area contributed by atoms with E-state index in [1.807, 2.05) is 0 Å². The predicted molar refractivity (Wildman–Crippen MR) is 75.0 cm³/mol. The Bertz CT molecular complexity index is 860. The van der Waals surface area contributed by atoms with Crippen molar-refractivity contribution in [1.82, 2.24) is 14.3 Å². The summed E-state index contributed by atoms with van der Waals surface area (Å²) in [5, 5.41) is 4.34. The molecule has 1 aliphatic heterocycles. The fourth-order valence-corrected chi connectivity index (χ4v) is 4.55. The lowest BCUT2D eigenvalue weighted by molar-refractivity contribution is -0.205. The average Bonchev–Trinajstić information content (AvgIpc) is 2.96. The molecule has 0 amide bonds. The molecule has 2 bridgehead atoms. The van der Waals surface area contributed by atoms with Gasteiger partial charge in [0.05, 0.1) is 11.6 Å². The third-order valence-electron chi connectivity index (χ3n) is 5.55. The van der Waals surface area contributed by atoms with Crippen LogP contribution in [-0.2, 0) is 12.0 Å². The van der Waals surface area contributed by atoms with E-state index < -0.39 is 28.9 Å². The van der Waals surface area contributed by atoms with E-state index in [1.165, 1.54) is 27.4 Å². The van der Waals surface area contributed by atoms with Gasteiger partial charge in [-0.15, -0.1) is 0 Å². The Morgan fingerprint density at radius 1 is 1.17 bits per heavy atom. The Labute approximate surface area is 129 Å². The van der Waals surface area contributed by atoms with E-state index in [0.29, 0.717) is 37.9 Å². The second kappa shape index (κ2) is 3.88. The van der Waals surface area contributed by atoms with Crippen LogP contribution in [0.4, 0.5) is 13.2 Å². The van der Waals surface area contributed by atoms with Gasteiger partial charge in [0, 0.05) is 31.2 Å². The number of rotatable bonds is 2. The molecule has 1 aromatic carbocycles. The van der Waals surface area contributed by atoms with E-state index >= 15 is 0 Å². The molecule has 4 aliphatic rings. The van der Waals surface area contributed by atoms with Crippen molar-refractivity contribution in [1.29, 1.82) is 0 Å². The molecule has 0 radical (unpaired) electrons. The zero-order valence-corrected chi connectivity index (χ0v) is 12.2. The van der Waals surface area contributed by atoms with Gasteiger partial charge in [-0.25, -0.2) is 22.6 Å². The second-order valence-corrected chi connectivity index (χ2v) is 7.08. The molecule has 0 unspecified atom stereocenters. The first-order valence-electron chi connectivity index (χ1n) is 7.76. The molecular weight excluding hydrogens is 307 g/mol. The van der Waals surface area contributed by atoms with Gasteiger partial charge in [-0.3, -0.25) is 4.57 Å². The number of nitrogens with zero attached hydrogens (tertiary/aromatic N) is 3. The van der Waals surface area contributed by atoms with E-state index in [4.69, 9.17) is 0 Å². The van der Waals surface area contributed by atoms with Crippen LogP contribution in [0.15, 0.2) is 23.0 Å². The summed E-state index contributed by atoms with van der Waals surface area (Å²) in [5.74, 6) is -0.785. The number of aryl methyl sites for hydroxylation is 1. The first-order chi connectivity index (χ1) is 10.9. The number of hydrogen-bond acceptors (Lipinski definition) is 2. The van der Waals surface area contributed by atoms with Gasteiger partial charge in [0.25, 0.3) is 0 Å². The van der Waals surface area contributed by atoms with Gasteiger partial charge in [-0.1, -0.05) is 6.07 Å². The molecule has 1 atom stereocenters.